The molecular weight excluding hydrogens is 842 g/mol. The molecule has 7 heteroatoms. The molecule has 0 fully saturated rings. The summed E-state index contributed by atoms with van der Waals surface area (Å²) in [6, 6.07) is 40.1. The van der Waals surface area contributed by atoms with Gasteiger partial charge in [-0.3, -0.25) is 0 Å². The number of fused-ring (bicyclic) bond motifs is 3. The van der Waals surface area contributed by atoms with Crippen LogP contribution in [0.4, 0.5) is 26.3 Å². The molecule has 0 amide bonds. The van der Waals surface area contributed by atoms with Gasteiger partial charge in [-0.05, 0) is 0 Å². The van der Waals surface area contributed by atoms with Crippen molar-refractivity contribution in [3.63, 3.8) is 0 Å². The van der Waals surface area contributed by atoms with Crippen molar-refractivity contribution in [3.05, 3.63) is 199 Å². The molecule has 0 unspecified atom stereocenters. The van der Waals surface area contributed by atoms with Gasteiger partial charge in [0, 0.05) is 0 Å². The Labute approximate surface area is 356 Å². The zero-order chi connectivity index (χ0) is 42.8. The van der Waals surface area contributed by atoms with Gasteiger partial charge in [0.2, 0.25) is 0 Å². The number of allylic oxidation sites excluding steroid dienone is 4. The van der Waals surface area contributed by atoms with Crippen LogP contribution in [0.5, 0.6) is 0 Å². The van der Waals surface area contributed by atoms with Crippen LogP contribution in [0.1, 0.15) is 96.1 Å². The Balaban J connectivity index is 1.57. The molecule has 0 aromatic heterocycles. The first-order valence-corrected chi connectivity index (χ1v) is 24.1. The van der Waals surface area contributed by atoms with Crippen molar-refractivity contribution in [2.45, 2.75) is 74.8 Å². The maximum absolute atomic E-state index is 14.6. The first-order chi connectivity index (χ1) is 28.3. The summed E-state index contributed by atoms with van der Waals surface area (Å²) < 4.78 is 88.8. The first kappa shape index (κ1) is 41.8. The Kier molecular flexibility index (Phi) is 10.8. The number of halogens is 6. The van der Waals surface area contributed by atoms with Gasteiger partial charge in [-0.1, -0.05) is 0 Å². The van der Waals surface area contributed by atoms with Gasteiger partial charge >= 0.3 is 358 Å². The fourth-order valence-electron chi connectivity index (χ4n) is 8.93. The van der Waals surface area contributed by atoms with Crippen molar-refractivity contribution in [2.24, 2.45) is 0 Å². The van der Waals surface area contributed by atoms with Crippen LogP contribution < -0.4 is 0 Å². The summed E-state index contributed by atoms with van der Waals surface area (Å²) in [7, 11) is 0. The summed E-state index contributed by atoms with van der Waals surface area (Å²) >= 11 is -3.82. The fraction of sp³-hybridized carbons (Fsp3) is 0.226. The maximum atomic E-state index is 14.6. The van der Waals surface area contributed by atoms with Crippen molar-refractivity contribution in [1.82, 2.24) is 0 Å². The zero-order valence-corrected chi connectivity index (χ0v) is 36.9. The molecule has 0 bridgehead atoms. The van der Waals surface area contributed by atoms with Crippen molar-refractivity contribution in [1.29, 1.82) is 0 Å². The van der Waals surface area contributed by atoms with E-state index in [4.69, 9.17) is 0 Å². The van der Waals surface area contributed by atoms with E-state index in [1.807, 2.05) is 42.5 Å². The average Bonchev–Trinajstić information content (AvgIpc) is 3.85. The third kappa shape index (κ3) is 8.03. The molecule has 0 N–H and O–H groups in total. The summed E-state index contributed by atoms with van der Waals surface area (Å²) in [4.78, 5) is 0. The van der Waals surface area contributed by atoms with E-state index in [1.54, 1.807) is 12.1 Å². The predicted molar refractivity (Wildman–Crippen MR) is 230 cm³/mol. The molecule has 2 aliphatic carbocycles. The third-order valence-electron chi connectivity index (χ3n) is 11.7. The minimum atomic E-state index is -4.65. The molecule has 0 spiro atoms. The molecule has 0 radical (unpaired) electrons. The molecule has 0 atom stereocenters. The number of hydrogen-bond acceptors (Lipinski definition) is 0. The Bertz CT molecular complexity index is 2530. The number of benzene rings is 6. The molecule has 0 saturated heterocycles. The normalized spacial score (nSPS) is 14.2. The molecule has 0 heterocycles. The van der Waals surface area contributed by atoms with Crippen LogP contribution in [-0.4, -0.2) is 3.21 Å². The molecule has 304 valence electrons. The van der Waals surface area contributed by atoms with Crippen LogP contribution in [0.2, 0.25) is 0 Å². The van der Waals surface area contributed by atoms with Gasteiger partial charge in [0.15, 0.2) is 0 Å². The molecule has 0 nitrogen and oxygen atoms in total. The standard InChI is InChI=1S/C33H33.C15H8F6.C5H5.Zr/c1-32(2,3)30-20-26-24(18-28(30)22-13-9-7-10-14-22)17-25-19-29(23-15-11-8-12-16-23)31(21-27(25)26)33(4,5)6;16-14(17,18)12-5-1-3-10(8-12)7-11-4-2-6-13(9-11)15(19,20)21;1-2-4-5-3-1;/h7-21H,1-6H3;1-6,8-9H;1-3H,4H2;. The van der Waals surface area contributed by atoms with E-state index in [0.717, 1.165) is 83.2 Å². The number of rotatable bonds is 6. The summed E-state index contributed by atoms with van der Waals surface area (Å²) in [6.45, 7) is 13.2. The van der Waals surface area contributed by atoms with Crippen molar-refractivity contribution in [2.75, 3.05) is 0 Å². The first-order valence-electron chi connectivity index (χ1n) is 20.2. The van der Waals surface area contributed by atoms with Gasteiger partial charge in [-0.2, -0.15) is 0 Å². The minimum absolute atomic E-state index is 0.262. The Morgan fingerprint density at radius 2 is 0.933 bits per heavy atom. The van der Waals surface area contributed by atoms with Crippen LogP contribution in [-0.2, 0) is 44.4 Å². The molecule has 2 aliphatic rings. The van der Waals surface area contributed by atoms with E-state index in [1.165, 1.54) is 12.1 Å². The molecule has 8 rings (SSSR count). The van der Waals surface area contributed by atoms with Gasteiger partial charge in [-0.25, -0.2) is 0 Å². The molecule has 0 saturated carbocycles. The number of alkyl halides is 6. The zero-order valence-electron chi connectivity index (χ0n) is 34.5. The van der Waals surface area contributed by atoms with E-state index in [9.17, 15) is 26.3 Å². The molecule has 0 aliphatic heterocycles. The van der Waals surface area contributed by atoms with E-state index in [2.05, 4.69) is 102 Å². The van der Waals surface area contributed by atoms with Gasteiger partial charge in [0.25, 0.3) is 0 Å². The van der Waals surface area contributed by atoms with Crippen molar-refractivity contribution in [3.8, 4) is 33.4 Å². The summed E-state index contributed by atoms with van der Waals surface area (Å²) in [5, 5.41) is 0. The quantitative estimate of drug-likeness (QED) is 0.146. The predicted octanol–water partition coefficient (Wildman–Crippen LogP) is 15.5. The van der Waals surface area contributed by atoms with Crippen LogP contribution >= 0.6 is 0 Å². The second-order valence-corrected chi connectivity index (χ2v) is 24.2. The second kappa shape index (κ2) is 15.6. The monoisotopic (exact) mass is 886 g/mol. The van der Waals surface area contributed by atoms with Crippen molar-refractivity contribution >= 4 is 3.21 Å². The van der Waals surface area contributed by atoms with E-state index >= 15 is 0 Å². The van der Waals surface area contributed by atoms with Crippen LogP contribution in [0, 0.1) is 0 Å². The van der Waals surface area contributed by atoms with Gasteiger partial charge in [0.05, 0.1) is 0 Å². The van der Waals surface area contributed by atoms with Crippen molar-refractivity contribution < 1.29 is 47.6 Å². The summed E-state index contributed by atoms with van der Waals surface area (Å²) in [6.07, 6.45) is -2.61. The Hall–Kier alpha value is -4.87. The van der Waals surface area contributed by atoms with E-state index in [-0.39, 0.29) is 14.5 Å². The van der Waals surface area contributed by atoms with E-state index in [0.29, 0.717) is 20.8 Å². The Morgan fingerprint density at radius 1 is 0.500 bits per heavy atom. The van der Waals surface area contributed by atoms with E-state index < -0.39 is 44.7 Å². The average molecular weight is 888 g/mol. The molecule has 6 aromatic carbocycles. The van der Waals surface area contributed by atoms with Gasteiger partial charge in [-0.15, -0.1) is 0 Å². The second-order valence-electron chi connectivity index (χ2n) is 17.9. The molecular formula is C53H46F6Zr. The summed E-state index contributed by atoms with van der Waals surface area (Å²) in [5.41, 5.74) is 9.27. The van der Waals surface area contributed by atoms with Gasteiger partial charge < -0.3 is 0 Å². The number of hydrogen-bond donors (Lipinski definition) is 0. The fourth-order valence-corrected chi connectivity index (χ4v) is 17.8. The van der Waals surface area contributed by atoms with Crippen LogP contribution in [0.15, 0.2) is 155 Å². The summed E-state index contributed by atoms with van der Waals surface area (Å²) in [5.74, 6) is 0. The SMILES string of the molecule is CC(C)(C)c1cc2c(cc1-c1ccccc1)[CH]([Zr]([C]1=CC=CC1)=[C](c1cccc(C(F)(F)F)c1)c1cccc(C(F)(F)F)c1)c1cc(-c3ccccc3)c(C(C)(C)C)cc1-2. The van der Waals surface area contributed by atoms with Gasteiger partial charge in [0.1, 0.15) is 0 Å². The molecule has 6 aromatic rings. The molecule has 60 heavy (non-hydrogen) atoms. The van der Waals surface area contributed by atoms with Crippen LogP contribution in [0.3, 0.4) is 0 Å². The third-order valence-corrected chi connectivity index (χ3v) is 20.0. The topological polar surface area (TPSA) is 0 Å². The van der Waals surface area contributed by atoms with Crippen LogP contribution in [0.25, 0.3) is 33.4 Å². The Morgan fingerprint density at radius 3 is 1.30 bits per heavy atom.